The molecule has 0 fully saturated rings. The summed E-state index contributed by atoms with van der Waals surface area (Å²) in [6.45, 7) is -1.41. The number of amides is 1. The van der Waals surface area contributed by atoms with E-state index in [9.17, 15) is 22.4 Å². The number of hydrogen-bond donors (Lipinski definition) is 1. The van der Waals surface area contributed by atoms with Crippen LogP contribution in [0.15, 0.2) is 53.1 Å². The van der Waals surface area contributed by atoms with E-state index in [-0.39, 0.29) is 18.0 Å². The zero-order chi connectivity index (χ0) is 24.2. The molecule has 0 unspecified atom stereocenters. The van der Waals surface area contributed by atoms with Crippen LogP contribution in [0, 0.1) is 0 Å². The molecule has 2 aromatic carbocycles. The average molecular weight is 569 g/mol. The Morgan fingerprint density at radius 3 is 2.61 bits per heavy atom. The van der Waals surface area contributed by atoms with Crippen molar-refractivity contribution in [1.82, 2.24) is 9.78 Å². The van der Waals surface area contributed by atoms with Crippen molar-refractivity contribution >= 4 is 50.9 Å². The topological polar surface area (TPSA) is 56.2 Å². The van der Waals surface area contributed by atoms with Crippen molar-refractivity contribution in [1.29, 1.82) is 0 Å². The maximum absolute atomic E-state index is 12.9. The molecule has 0 bridgehead atoms. The van der Waals surface area contributed by atoms with Gasteiger partial charge in [0.05, 0.1) is 27.7 Å². The van der Waals surface area contributed by atoms with Crippen molar-refractivity contribution in [3.05, 3.63) is 79.9 Å². The van der Waals surface area contributed by atoms with Gasteiger partial charge in [-0.15, -0.1) is 0 Å². The van der Waals surface area contributed by atoms with Crippen LogP contribution in [0.4, 0.5) is 23.4 Å². The van der Waals surface area contributed by atoms with Gasteiger partial charge in [0.25, 0.3) is 5.91 Å². The number of anilines is 1. The molecule has 0 aliphatic heterocycles. The summed E-state index contributed by atoms with van der Waals surface area (Å²) < 4.78 is 57.1. The third kappa shape index (κ3) is 6.92. The second-order valence-electron chi connectivity index (χ2n) is 6.98. The first kappa shape index (κ1) is 25.5. The molecular formula is C21H16BrCl2F4N3O2. The van der Waals surface area contributed by atoms with Crippen LogP contribution in [0.5, 0.6) is 0 Å². The molecule has 1 amide bonds. The van der Waals surface area contributed by atoms with E-state index < -0.39 is 24.9 Å². The SMILES string of the molecule is O=C(Nc1nn(Cc2ccc(Cl)c(Cl)c2)cc1Br)c1cccc(COCC(F)(F)C(F)F)c1. The van der Waals surface area contributed by atoms with Gasteiger partial charge in [0, 0.05) is 11.8 Å². The van der Waals surface area contributed by atoms with Gasteiger partial charge >= 0.3 is 12.3 Å². The normalized spacial score (nSPS) is 11.8. The number of ether oxygens (including phenoxy) is 1. The minimum atomic E-state index is -4.24. The third-order valence-electron chi connectivity index (χ3n) is 4.35. The standard InChI is InChI=1S/C21H16BrCl2F4N3O2/c22-15-9-31(8-12-4-5-16(23)17(24)7-12)30-18(15)29-19(32)14-3-1-2-13(6-14)10-33-11-21(27,28)20(25)26/h1-7,9,20H,8,10-11H2,(H,29,30,32). The fourth-order valence-corrected chi connectivity index (χ4v) is 3.47. The lowest BCUT2D eigenvalue weighted by atomic mass is 10.1. The molecule has 0 atom stereocenters. The van der Waals surface area contributed by atoms with Gasteiger partial charge in [0.15, 0.2) is 5.82 Å². The van der Waals surface area contributed by atoms with E-state index in [1.54, 1.807) is 29.1 Å². The Morgan fingerprint density at radius 1 is 1.15 bits per heavy atom. The highest BCUT2D eigenvalue weighted by atomic mass is 79.9. The lowest BCUT2D eigenvalue weighted by Crippen LogP contribution is -2.32. The van der Waals surface area contributed by atoms with Crippen LogP contribution in [-0.4, -0.2) is 34.6 Å². The molecule has 1 aromatic heterocycles. The second kappa shape index (κ2) is 10.9. The van der Waals surface area contributed by atoms with Crippen LogP contribution < -0.4 is 5.32 Å². The molecule has 0 radical (unpaired) electrons. The van der Waals surface area contributed by atoms with Gasteiger partial charge in [-0.25, -0.2) is 8.78 Å². The monoisotopic (exact) mass is 567 g/mol. The fourth-order valence-electron chi connectivity index (χ4n) is 2.74. The minimum absolute atomic E-state index is 0.211. The number of nitrogens with zero attached hydrogens (tertiary/aromatic N) is 2. The molecule has 33 heavy (non-hydrogen) atoms. The first-order chi connectivity index (χ1) is 15.5. The number of carbonyl (C=O) groups excluding carboxylic acids is 1. The summed E-state index contributed by atoms with van der Waals surface area (Å²) in [6, 6.07) is 11.2. The average Bonchev–Trinajstić information content (AvgIpc) is 3.09. The Morgan fingerprint density at radius 2 is 1.91 bits per heavy atom. The van der Waals surface area contributed by atoms with Crippen molar-refractivity contribution in [2.75, 3.05) is 11.9 Å². The highest BCUT2D eigenvalue weighted by molar-refractivity contribution is 9.10. The summed E-state index contributed by atoms with van der Waals surface area (Å²) in [5.74, 6) is -4.48. The van der Waals surface area contributed by atoms with Crippen molar-refractivity contribution in [2.24, 2.45) is 0 Å². The molecule has 12 heteroatoms. The Labute approximate surface area is 204 Å². The molecule has 0 spiro atoms. The zero-order valence-corrected chi connectivity index (χ0v) is 19.8. The largest absolute Gasteiger partial charge is 0.370 e. The molecular weight excluding hydrogens is 553 g/mol. The molecule has 3 aromatic rings. The first-order valence-corrected chi connectivity index (χ1v) is 10.9. The molecule has 0 aliphatic rings. The summed E-state index contributed by atoms with van der Waals surface area (Å²) in [5, 5.41) is 7.82. The quantitative estimate of drug-likeness (QED) is 0.293. The number of hydrogen-bond acceptors (Lipinski definition) is 3. The van der Waals surface area contributed by atoms with E-state index in [4.69, 9.17) is 27.9 Å². The highest BCUT2D eigenvalue weighted by Gasteiger charge is 2.40. The molecule has 0 aliphatic carbocycles. The van der Waals surface area contributed by atoms with Crippen molar-refractivity contribution in [2.45, 2.75) is 25.5 Å². The van der Waals surface area contributed by atoms with Crippen LogP contribution in [0.1, 0.15) is 21.5 Å². The van der Waals surface area contributed by atoms with Gasteiger partial charge in [-0.3, -0.25) is 9.48 Å². The van der Waals surface area contributed by atoms with E-state index in [1.807, 2.05) is 0 Å². The predicted molar refractivity (Wildman–Crippen MR) is 120 cm³/mol. The van der Waals surface area contributed by atoms with E-state index in [2.05, 4.69) is 26.3 Å². The van der Waals surface area contributed by atoms with Crippen LogP contribution in [-0.2, 0) is 17.9 Å². The Bertz CT molecular complexity index is 1140. The number of benzene rings is 2. The third-order valence-corrected chi connectivity index (χ3v) is 5.67. The zero-order valence-electron chi connectivity index (χ0n) is 16.7. The number of alkyl halides is 4. The summed E-state index contributed by atoms with van der Waals surface area (Å²) in [4.78, 5) is 12.6. The van der Waals surface area contributed by atoms with Gasteiger partial charge in [-0.2, -0.15) is 13.9 Å². The van der Waals surface area contributed by atoms with Crippen molar-refractivity contribution in [3.8, 4) is 0 Å². The summed E-state index contributed by atoms with van der Waals surface area (Å²) in [6.07, 6.45) is -2.14. The second-order valence-corrected chi connectivity index (χ2v) is 8.65. The molecule has 176 valence electrons. The molecule has 1 N–H and O–H groups in total. The lowest BCUT2D eigenvalue weighted by Gasteiger charge is -2.15. The van der Waals surface area contributed by atoms with Crippen molar-refractivity contribution < 1.29 is 27.1 Å². The Hall–Kier alpha value is -2.14. The molecule has 1 heterocycles. The Kier molecular flexibility index (Phi) is 8.38. The maximum atomic E-state index is 12.9. The van der Waals surface area contributed by atoms with E-state index in [0.29, 0.717) is 26.6 Å². The number of rotatable bonds is 9. The van der Waals surface area contributed by atoms with Crippen molar-refractivity contribution in [3.63, 3.8) is 0 Å². The smallest absolute Gasteiger partial charge is 0.330 e. The van der Waals surface area contributed by atoms with E-state index in [1.165, 1.54) is 24.3 Å². The first-order valence-electron chi connectivity index (χ1n) is 9.36. The van der Waals surface area contributed by atoms with Gasteiger partial charge in [-0.1, -0.05) is 41.4 Å². The van der Waals surface area contributed by atoms with Gasteiger partial charge in [0.2, 0.25) is 0 Å². The van der Waals surface area contributed by atoms with Crippen LogP contribution in [0.2, 0.25) is 10.0 Å². The van der Waals surface area contributed by atoms with E-state index >= 15 is 0 Å². The number of aromatic nitrogens is 2. The number of halogens is 7. The van der Waals surface area contributed by atoms with Gasteiger partial charge in [-0.05, 0) is 51.3 Å². The van der Waals surface area contributed by atoms with Crippen LogP contribution >= 0.6 is 39.1 Å². The van der Waals surface area contributed by atoms with E-state index in [0.717, 1.165) is 5.56 Å². The maximum Gasteiger partial charge on any atom is 0.330 e. The number of carbonyl (C=O) groups is 1. The minimum Gasteiger partial charge on any atom is -0.370 e. The van der Waals surface area contributed by atoms with Crippen LogP contribution in [0.25, 0.3) is 0 Å². The molecule has 3 rings (SSSR count). The van der Waals surface area contributed by atoms with Crippen LogP contribution in [0.3, 0.4) is 0 Å². The summed E-state index contributed by atoms with van der Waals surface area (Å²) in [7, 11) is 0. The summed E-state index contributed by atoms with van der Waals surface area (Å²) in [5.41, 5.74) is 1.43. The molecule has 0 saturated heterocycles. The Balaban J connectivity index is 1.63. The lowest BCUT2D eigenvalue weighted by molar-refractivity contribution is -0.168. The number of nitrogens with one attached hydrogen (secondary N) is 1. The summed E-state index contributed by atoms with van der Waals surface area (Å²) >= 11 is 15.3. The fraction of sp³-hybridized carbons (Fsp3) is 0.238. The predicted octanol–water partition coefficient (Wildman–Crippen LogP) is 6.67. The van der Waals surface area contributed by atoms with Gasteiger partial charge in [0.1, 0.15) is 6.61 Å². The molecule has 5 nitrogen and oxygen atoms in total. The van der Waals surface area contributed by atoms with Gasteiger partial charge < -0.3 is 10.1 Å². The highest BCUT2D eigenvalue weighted by Crippen LogP contribution is 2.26. The molecule has 0 saturated carbocycles.